The van der Waals surface area contributed by atoms with Crippen LogP contribution in [-0.2, 0) is 16.3 Å². The number of benzene rings is 1. The van der Waals surface area contributed by atoms with E-state index in [1.165, 1.54) is 12.1 Å². The smallest absolute Gasteiger partial charge is 0.378 e. The second kappa shape index (κ2) is 10.3. The lowest BCUT2D eigenvalue weighted by Gasteiger charge is -2.44. The molecule has 0 amide bonds. The molecule has 164 valence electrons. The van der Waals surface area contributed by atoms with Crippen LogP contribution >= 0.6 is 24.0 Å². The summed E-state index contributed by atoms with van der Waals surface area (Å²) in [5, 5.41) is 3.44. The first-order valence-corrected chi connectivity index (χ1v) is 10.1. The number of piperidine rings is 1. The molecule has 0 bridgehead atoms. The molecule has 1 aromatic rings. The fourth-order valence-electron chi connectivity index (χ4n) is 4.25. The van der Waals surface area contributed by atoms with Crippen LogP contribution in [0.15, 0.2) is 29.3 Å². The van der Waals surface area contributed by atoms with Crippen molar-refractivity contribution in [3.63, 3.8) is 0 Å². The van der Waals surface area contributed by atoms with Gasteiger partial charge in [0.05, 0.1) is 11.7 Å². The Morgan fingerprint density at radius 3 is 2.48 bits per heavy atom. The third-order valence-corrected chi connectivity index (χ3v) is 6.05. The molecule has 1 aliphatic heterocycles. The lowest BCUT2D eigenvalue weighted by Crippen LogP contribution is -2.52. The normalized spacial score (nSPS) is 20.0. The Balaban J connectivity index is 0.00000300. The van der Waals surface area contributed by atoms with Gasteiger partial charge in [0.25, 0.3) is 0 Å². The predicted molar refractivity (Wildman–Crippen MR) is 120 cm³/mol. The summed E-state index contributed by atoms with van der Waals surface area (Å²) in [6, 6.07) is 5.81. The molecule has 4 nitrogen and oxygen atoms in total. The van der Waals surface area contributed by atoms with E-state index >= 15 is 0 Å². The molecule has 0 aromatic heterocycles. The molecule has 0 unspecified atom stereocenters. The van der Waals surface area contributed by atoms with Gasteiger partial charge in [0, 0.05) is 38.7 Å². The van der Waals surface area contributed by atoms with E-state index in [9.17, 15) is 13.2 Å². The average molecular weight is 525 g/mol. The number of guanidine groups is 1. The SMILES string of the molecule is CCOC1CCN(C(=NC)NCC2(c3cccc(C(F)(F)F)c3)CCC2)CC1.I. The highest BCUT2D eigenvalue weighted by atomic mass is 127. The molecule has 2 aliphatic rings. The molecule has 1 aromatic carbocycles. The quantitative estimate of drug-likeness (QED) is 0.340. The number of hydrogen-bond donors (Lipinski definition) is 1. The Morgan fingerprint density at radius 1 is 1.28 bits per heavy atom. The van der Waals surface area contributed by atoms with Gasteiger partial charge in [-0.15, -0.1) is 24.0 Å². The zero-order valence-corrected chi connectivity index (χ0v) is 19.4. The lowest BCUT2D eigenvalue weighted by atomic mass is 9.64. The molecule has 1 aliphatic carbocycles. The topological polar surface area (TPSA) is 36.9 Å². The molecule has 29 heavy (non-hydrogen) atoms. The summed E-state index contributed by atoms with van der Waals surface area (Å²) in [6.45, 7) is 5.10. The number of hydrogen-bond acceptors (Lipinski definition) is 2. The zero-order chi connectivity index (χ0) is 20.2. The summed E-state index contributed by atoms with van der Waals surface area (Å²) in [7, 11) is 1.76. The van der Waals surface area contributed by atoms with Crippen LogP contribution in [-0.4, -0.2) is 50.3 Å². The van der Waals surface area contributed by atoms with Crippen LogP contribution in [0, 0.1) is 0 Å². The van der Waals surface area contributed by atoms with Crippen LogP contribution in [0.5, 0.6) is 0 Å². The first-order chi connectivity index (χ1) is 13.4. The highest BCUT2D eigenvalue weighted by Crippen LogP contribution is 2.44. The van der Waals surface area contributed by atoms with Gasteiger partial charge < -0.3 is 15.0 Å². The first kappa shape index (κ1) is 24.2. The number of rotatable bonds is 5. The summed E-state index contributed by atoms with van der Waals surface area (Å²) in [5.74, 6) is 0.827. The number of nitrogens with one attached hydrogen (secondary N) is 1. The molecule has 1 N–H and O–H groups in total. The number of nitrogens with zero attached hydrogens (tertiary/aromatic N) is 2. The van der Waals surface area contributed by atoms with Crippen molar-refractivity contribution in [2.75, 3.05) is 33.3 Å². The molecule has 2 fully saturated rings. The van der Waals surface area contributed by atoms with Crippen LogP contribution in [0.25, 0.3) is 0 Å². The van der Waals surface area contributed by atoms with Gasteiger partial charge in [-0.3, -0.25) is 4.99 Å². The maximum atomic E-state index is 13.1. The highest BCUT2D eigenvalue weighted by molar-refractivity contribution is 14.0. The molecule has 0 radical (unpaired) electrons. The second-order valence-corrected chi connectivity index (χ2v) is 7.75. The molecule has 1 saturated heterocycles. The van der Waals surface area contributed by atoms with Crippen molar-refractivity contribution in [2.24, 2.45) is 4.99 Å². The second-order valence-electron chi connectivity index (χ2n) is 7.75. The third kappa shape index (κ3) is 5.77. The molecule has 8 heteroatoms. The number of ether oxygens (including phenoxy) is 1. The summed E-state index contributed by atoms with van der Waals surface area (Å²) in [5.41, 5.74) is -0.0499. The Bertz CT molecular complexity index is 684. The Labute approximate surface area is 188 Å². The molecular formula is C21H31F3IN3O. The van der Waals surface area contributed by atoms with Gasteiger partial charge >= 0.3 is 6.18 Å². The van der Waals surface area contributed by atoms with Crippen molar-refractivity contribution in [2.45, 2.75) is 56.7 Å². The fraction of sp³-hybridized carbons (Fsp3) is 0.667. The average Bonchev–Trinajstić information content (AvgIpc) is 2.65. The van der Waals surface area contributed by atoms with Gasteiger partial charge in [-0.1, -0.05) is 24.6 Å². The Hall–Kier alpha value is -1.03. The monoisotopic (exact) mass is 525 g/mol. The highest BCUT2D eigenvalue weighted by Gasteiger charge is 2.40. The Morgan fingerprint density at radius 2 is 1.97 bits per heavy atom. The minimum Gasteiger partial charge on any atom is -0.378 e. The van der Waals surface area contributed by atoms with E-state index in [4.69, 9.17) is 4.74 Å². The number of alkyl halides is 3. The predicted octanol–water partition coefficient (Wildman–Crippen LogP) is 4.82. The van der Waals surface area contributed by atoms with Crippen molar-refractivity contribution >= 4 is 29.9 Å². The van der Waals surface area contributed by atoms with Gasteiger partial charge in [-0.2, -0.15) is 13.2 Å². The summed E-state index contributed by atoms with van der Waals surface area (Å²) >= 11 is 0. The van der Waals surface area contributed by atoms with E-state index in [1.54, 1.807) is 7.05 Å². The molecule has 0 atom stereocenters. The molecule has 3 rings (SSSR count). The van der Waals surface area contributed by atoms with Crippen molar-refractivity contribution in [3.05, 3.63) is 35.4 Å². The fourth-order valence-corrected chi connectivity index (χ4v) is 4.25. The van der Waals surface area contributed by atoms with E-state index in [0.29, 0.717) is 12.6 Å². The van der Waals surface area contributed by atoms with Crippen molar-refractivity contribution < 1.29 is 17.9 Å². The van der Waals surface area contributed by atoms with E-state index < -0.39 is 11.7 Å². The lowest BCUT2D eigenvalue weighted by molar-refractivity contribution is -0.137. The van der Waals surface area contributed by atoms with E-state index in [-0.39, 0.29) is 29.4 Å². The van der Waals surface area contributed by atoms with Gasteiger partial charge in [0.15, 0.2) is 5.96 Å². The molecule has 1 heterocycles. The largest absolute Gasteiger partial charge is 0.416 e. The van der Waals surface area contributed by atoms with Crippen LogP contribution in [0.2, 0.25) is 0 Å². The molecule has 1 saturated carbocycles. The van der Waals surface area contributed by atoms with Crippen LogP contribution in [0.4, 0.5) is 13.2 Å². The Kier molecular flexibility index (Phi) is 8.63. The van der Waals surface area contributed by atoms with Crippen LogP contribution in [0.3, 0.4) is 0 Å². The standard InChI is InChI=1S/C21H30F3N3O.HI/c1-3-28-18-8-12-27(13-9-18)19(25-2)26-15-20(10-5-11-20)16-6-4-7-17(14-16)21(22,23)24;/h4,6-7,14,18H,3,5,8-13,15H2,1-2H3,(H,25,26);1H. The van der Waals surface area contributed by atoms with Crippen LogP contribution in [0.1, 0.15) is 50.2 Å². The van der Waals surface area contributed by atoms with Crippen LogP contribution < -0.4 is 5.32 Å². The van der Waals surface area contributed by atoms with Gasteiger partial charge in [0.1, 0.15) is 0 Å². The minimum atomic E-state index is -4.31. The summed E-state index contributed by atoms with van der Waals surface area (Å²) < 4.78 is 45.1. The van der Waals surface area contributed by atoms with Crippen molar-refractivity contribution in [1.82, 2.24) is 10.2 Å². The maximum absolute atomic E-state index is 13.1. The first-order valence-electron chi connectivity index (χ1n) is 10.1. The minimum absolute atomic E-state index is 0. The van der Waals surface area contributed by atoms with Gasteiger partial charge in [-0.05, 0) is 44.2 Å². The van der Waals surface area contributed by atoms with E-state index in [1.807, 2.05) is 13.0 Å². The summed E-state index contributed by atoms with van der Waals surface area (Å²) in [6.07, 6.45) is 0.754. The molecular weight excluding hydrogens is 494 g/mol. The van der Waals surface area contributed by atoms with E-state index in [0.717, 1.165) is 69.4 Å². The van der Waals surface area contributed by atoms with E-state index in [2.05, 4.69) is 15.2 Å². The number of halogens is 4. The van der Waals surface area contributed by atoms with Crippen molar-refractivity contribution in [1.29, 1.82) is 0 Å². The zero-order valence-electron chi connectivity index (χ0n) is 17.1. The maximum Gasteiger partial charge on any atom is 0.416 e. The van der Waals surface area contributed by atoms with Gasteiger partial charge in [0.2, 0.25) is 0 Å². The molecule has 0 spiro atoms. The van der Waals surface area contributed by atoms with Gasteiger partial charge in [-0.25, -0.2) is 0 Å². The summed E-state index contributed by atoms with van der Waals surface area (Å²) in [4.78, 5) is 6.62. The number of aliphatic imine (C=N–C) groups is 1. The van der Waals surface area contributed by atoms with Crippen molar-refractivity contribution in [3.8, 4) is 0 Å². The third-order valence-electron chi connectivity index (χ3n) is 6.05. The number of likely N-dealkylation sites (tertiary alicyclic amines) is 1.